The average molecular weight is 272 g/mol. The van der Waals surface area contributed by atoms with Gasteiger partial charge in [-0.1, -0.05) is 30.3 Å². The predicted molar refractivity (Wildman–Crippen MR) is 77.9 cm³/mol. The van der Waals surface area contributed by atoms with Crippen molar-refractivity contribution in [2.75, 3.05) is 11.9 Å². The fourth-order valence-corrected chi connectivity index (χ4v) is 1.87. The molecule has 0 radical (unpaired) electrons. The van der Waals surface area contributed by atoms with E-state index in [0.29, 0.717) is 0 Å². The lowest BCUT2D eigenvalue weighted by Gasteiger charge is -2.15. The van der Waals surface area contributed by atoms with Crippen LogP contribution in [-0.4, -0.2) is 12.5 Å². The molecule has 2 N–H and O–H groups in total. The predicted octanol–water partition coefficient (Wildman–Crippen LogP) is 3.12. The monoisotopic (exact) mass is 272 g/mol. The van der Waals surface area contributed by atoms with Gasteiger partial charge in [0.1, 0.15) is 5.82 Å². The highest BCUT2D eigenvalue weighted by Gasteiger charge is 2.09. The number of hydrogen-bond acceptors (Lipinski definition) is 2. The number of carbonyl (C=O) groups is 1. The fraction of sp³-hybridized carbons (Fsp3) is 0.188. The molecule has 0 fully saturated rings. The second-order valence-electron chi connectivity index (χ2n) is 4.56. The van der Waals surface area contributed by atoms with E-state index in [2.05, 4.69) is 10.6 Å². The molecule has 0 unspecified atom stereocenters. The standard InChI is InChI=1S/C16H17FN2O/c1-12(13-7-9-14(17)10-8-13)19-16(20)11-18-15-5-3-2-4-6-15/h2-10,12,18H,11H2,1H3,(H,19,20)/t12-/m1/s1. The van der Waals surface area contributed by atoms with Gasteiger partial charge in [-0.25, -0.2) is 4.39 Å². The van der Waals surface area contributed by atoms with Crippen molar-refractivity contribution >= 4 is 11.6 Å². The molecule has 0 aromatic heterocycles. The molecular weight excluding hydrogens is 255 g/mol. The SMILES string of the molecule is C[C@@H](NC(=O)CNc1ccccc1)c1ccc(F)cc1. The number of benzene rings is 2. The smallest absolute Gasteiger partial charge is 0.239 e. The van der Waals surface area contributed by atoms with Crippen LogP contribution in [0.15, 0.2) is 54.6 Å². The zero-order valence-electron chi connectivity index (χ0n) is 11.3. The summed E-state index contributed by atoms with van der Waals surface area (Å²) in [7, 11) is 0. The Bertz CT molecular complexity index is 554. The van der Waals surface area contributed by atoms with E-state index in [1.165, 1.54) is 12.1 Å². The summed E-state index contributed by atoms with van der Waals surface area (Å²) in [6, 6.07) is 15.5. The third kappa shape index (κ3) is 4.09. The Labute approximate surface area is 117 Å². The summed E-state index contributed by atoms with van der Waals surface area (Å²) >= 11 is 0. The number of amides is 1. The van der Waals surface area contributed by atoms with Crippen LogP contribution in [0.3, 0.4) is 0 Å². The van der Waals surface area contributed by atoms with Crippen molar-refractivity contribution in [3.63, 3.8) is 0 Å². The van der Waals surface area contributed by atoms with E-state index in [1.807, 2.05) is 37.3 Å². The molecule has 0 aliphatic heterocycles. The molecule has 1 atom stereocenters. The third-order valence-corrected chi connectivity index (χ3v) is 2.97. The van der Waals surface area contributed by atoms with Crippen LogP contribution in [0.25, 0.3) is 0 Å². The van der Waals surface area contributed by atoms with E-state index in [0.717, 1.165) is 11.3 Å². The maximum atomic E-state index is 12.8. The van der Waals surface area contributed by atoms with Gasteiger partial charge in [0.25, 0.3) is 0 Å². The van der Waals surface area contributed by atoms with E-state index in [9.17, 15) is 9.18 Å². The number of anilines is 1. The molecule has 2 rings (SSSR count). The zero-order valence-corrected chi connectivity index (χ0v) is 11.3. The topological polar surface area (TPSA) is 41.1 Å². The Hall–Kier alpha value is -2.36. The molecule has 0 aliphatic rings. The summed E-state index contributed by atoms with van der Waals surface area (Å²) in [6.45, 7) is 2.07. The first-order chi connectivity index (χ1) is 9.65. The second kappa shape index (κ2) is 6.70. The highest BCUT2D eigenvalue weighted by molar-refractivity contribution is 5.81. The van der Waals surface area contributed by atoms with Crippen molar-refractivity contribution in [2.24, 2.45) is 0 Å². The molecule has 0 heterocycles. The van der Waals surface area contributed by atoms with Crippen LogP contribution >= 0.6 is 0 Å². The number of para-hydroxylation sites is 1. The summed E-state index contributed by atoms with van der Waals surface area (Å²) < 4.78 is 12.8. The molecule has 3 nitrogen and oxygen atoms in total. The summed E-state index contributed by atoms with van der Waals surface area (Å²) in [5.74, 6) is -0.385. The highest BCUT2D eigenvalue weighted by Crippen LogP contribution is 2.12. The van der Waals surface area contributed by atoms with Crippen molar-refractivity contribution in [3.8, 4) is 0 Å². The lowest BCUT2D eigenvalue weighted by Crippen LogP contribution is -2.32. The molecule has 2 aromatic rings. The quantitative estimate of drug-likeness (QED) is 0.878. The van der Waals surface area contributed by atoms with Crippen molar-refractivity contribution in [3.05, 3.63) is 66.0 Å². The highest BCUT2D eigenvalue weighted by atomic mass is 19.1. The minimum absolute atomic E-state index is 0.106. The van der Waals surface area contributed by atoms with Gasteiger partial charge in [0.2, 0.25) is 5.91 Å². The Morgan fingerprint density at radius 1 is 1.10 bits per heavy atom. The van der Waals surface area contributed by atoms with Crippen LogP contribution in [0, 0.1) is 5.82 Å². The molecule has 2 aromatic carbocycles. The number of hydrogen-bond donors (Lipinski definition) is 2. The minimum atomic E-state index is -0.280. The fourth-order valence-electron chi connectivity index (χ4n) is 1.87. The van der Waals surface area contributed by atoms with Crippen molar-refractivity contribution in [1.29, 1.82) is 0 Å². The minimum Gasteiger partial charge on any atom is -0.376 e. The van der Waals surface area contributed by atoms with Crippen molar-refractivity contribution in [1.82, 2.24) is 5.32 Å². The number of carbonyl (C=O) groups excluding carboxylic acids is 1. The average Bonchev–Trinajstić information content (AvgIpc) is 2.47. The third-order valence-electron chi connectivity index (χ3n) is 2.97. The molecule has 0 saturated heterocycles. The molecule has 0 bridgehead atoms. The Balaban J connectivity index is 1.83. The molecule has 4 heteroatoms. The molecule has 0 aliphatic carbocycles. The van der Waals surface area contributed by atoms with E-state index in [-0.39, 0.29) is 24.3 Å². The maximum absolute atomic E-state index is 12.8. The van der Waals surface area contributed by atoms with Gasteiger partial charge in [0, 0.05) is 5.69 Å². The Morgan fingerprint density at radius 3 is 2.40 bits per heavy atom. The number of rotatable bonds is 5. The Morgan fingerprint density at radius 2 is 1.75 bits per heavy atom. The van der Waals surface area contributed by atoms with Gasteiger partial charge in [-0.15, -0.1) is 0 Å². The van der Waals surface area contributed by atoms with Gasteiger partial charge in [-0.05, 0) is 36.8 Å². The number of nitrogens with one attached hydrogen (secondary N) is 2. The molecular formula is C16H17FN2O. The summed E-state index contributed by atoms with van der Waals surface area (Å²) in [5, 5.41) is 5.90. The van der Waals surface area contributed by atoms with Gasteiger partial charge in [-0.3, -0.25) is 4.79 Å². The summed E-state index contributed by atoms with van der Waals surface area (Å²) in [5.41, 5.74) is 1.77. The van der Waals surface area contributed by atoms with Crippen LogP contribution in [0.5, 0.6) is 0 Å². The van der Waals surface area contributed by atoms with Crippen molar-refractivity contribution in [2.45, 2.75) is 13.0 Å². The molecule has 0 saturated carbocycles. The Kier molecular flexibility index (Phi) is 4.71. The first-order valence-corrected chi connectivity index (χ1v) is 6.49. The molecule has 20 heavy (non-hydrogen) atoms. The second-order valence-corrected chi connectivity index (χ2v) is 4.56. The van der Waals surface area contributed by atoms with Crippen LogP contribution < -0.4 is 10.6 Å². The molecule has 0 spiro atoms. The van der Waals surface area contributed by atoms with Gasteiger partial charge in [0.15, 0.2) is 0 Å². The lowest BCUT2D eigenvalue weighted by molar-refractivity contribution is -0.120. The van der Waals surface area contributed by atoms with E-state index in [1.54, 1.807) is 12.1 Å². The van der Waals surface area contributed by atoms with Gasteiger partial charge < -0.3 is 10.6 Å². The van der Waals surface area contributed by atoms with Crippen molar-refractivity contribution < 1.29 is 9.18 Å². The largest absolute Gasteiger partial charge is 0.376 e. The van der Waals surface area contributed by atoms with E-state index < -0.39 is 0 Å². The molecule has 1 amide bonds. The van der Waals surface area contributed by atoms with Gasteiger partial charge >= 0.3 is 0 Å². The van der Waals surface area contributed by atoms with Crippen LogP contribution in [0.2, 0.25) is 0 Å². The summed E-state index contributed by atoms with van der Waals surface area (Å²) in [6.07, 6.45) is 0. The number of halogens is 1. The first kappa shape index (κ1) is 14.1. The van der Waals surface area contributed by atoms with Gasteiger partial charge in [-0.2, -0.15) is 0 Å². The van der Waals surface area contributed by atoms with Gasteiger partial charge in [0.05, 0.1) is 12.6 Å². The maximum Gasteiger partial charge on any atom is 0.239 e. The van der Waals surface area contributed by atoms with Crippen LogP contribution in [-0.2, 0) is 4.79 Å². The van der Waals surface area contributed by atoms with E-state index in [4.69, 9.17) is 0 Å². The summed E-state index contributed by atoms with van der Waals surface area (Å²) in [4.78, 5) is 11.8. The lowest BCUT2D eigenvalue weighted by atomic mass is 10.1. The normalized spacial score (nSPS) is 11.7. The zero-order chi connectivity index (χ0) is 14.4. The van der Waals surface area contributed by atoms with E-state index >= 15 is 0 Å². The molecule has 104 valence electrons. The van der Waals surface area contributed by atoms with Crippen LogP contribution in [0.1, 0.15) is 18.5 Å². The first-order valence-electron chi connectivity index (χ1n) is 6.49. The van der Waals surface area contributed by atoms with Crippen LogP contribution in [0.4, 0.5) is 10.1 Å².